The molecule has 2 amide bonds. The Hall–Kier alpha value is -2.64. The highest BCUT2D eigenvalue weighted by atomic mass is 16.5. The standard InChI is InChI=1S/C13H17N3O5/c1-16(8-9-3-5-14-6-4-9)13(20)15-10(12(18)19)7-11(17)21-2/h3-6,10H,7-8H2,1-2H3,(H,15,20)(H,18,19)/t10-/m0/s1. The maximum absolute atomic E-state index is 11.9. The summed E-state index contributed by atoms with van der Waals surface area (Å²) in [5.41, 5.74) is 0.850. The summed E-state index contributed by atoms with van der Waals surface area (Å²) >= 11 is 0. The highest BCUT2D eigenvalue weighted by molar-refractivity contribution is 5.86. The van der Waals surface area contributed by atoms with Gasteiger partial charge in [-0.2, -0.15) is 0 Å². The van der Waals surface area contributed by atoms with E-state index < -0.39 is 30.4 Å². The zero-order valence-electron chi connectivity index (χ0n) is 11.8. The number of urea groups is 1. The summed E-state index contributed by atoms with van der Waals surface area (Å²) in [5, 5.41) is 11.3. The first-order chi connectivity index (χ1) is 9.93. The lowest BCUT2D eigenvalue weighted by Crippen LogP contribution is -2.47. The predicted molar refractivity (Wildman–Crippen MR) is 72.3 cm³/mol. The molecule has 0 radical (unpaired) electrons. The fourth-order valence-electron chi connectivity index (χ4n) is 1.54. The molecule has 21 heavy (non-hydrogen) atoms. The van der Waals surface area contributed by atoms with E-state index >= 15 is 0 Å². The lowest BCUT2D eigenvalue weighted by atomic mass is 10.2. The van der Waals surface area contributed by atoms with Crippen LogP contribution in [0.1, 0.15) is 12.0 Å². The highest BCUT2D eigenvalue weighted by Crippen LogP contribution is 2.03. The van der Waals surface area contributed by atoms with Gasteiger partial charge >= 0.3 is 18.0 Å². The molecule has 0 aliphatic heterocycles. The number of hydrogen-bond acceptors (Lipinski definition) is 5. The molecule has 0 spiro atoms. The van der Waals surface area contributed by atoms with Gasteiger partial charge in [0.05, 0.1) is 13.5 Å². The molecule has 1 heterocycles. The van der Waals surface area contributed by atoms with Crippen molar-refractivity contribution >= 4 is 18.0 Å². The first kappa shape index (κ1) is 16.4. The lowest BCUT2D eigenvalue weighted by molar-refractivity contribution is -0.147. The molecule has 0 unspecified atom stereocenters. The summed E-state index contributed by atoms with van der Waals surface area (Å²) in [6.07, 6.45) is 2.76. The van der Waals surface area contributed by atoms with E-state index in [1.807, 2.05) is 0 Å². The number of rotatable bonds is 6. The second-order valence-electron chi connectivity index (χ2n) is 4.33. The summed E-state index contributed by atoms with van der Waals surface area (Å²) in [7, 11) is 2.67. The number of nitrogens with zero attached hydrogens (tertiary/aromatic N) is 2. The minimum Gasteiger partial charge on any atom is -0.480 e. The van der Waals surface area contributed by atoms with Crippen molar-refractivity contribution in [3.8, 4) is 0 Å². The Bertz CT molecular complexity index is 506. The quantitative estimate of drug-likeness (QED) is 0.728. The summed E-state index contributed by atoms with van der Waals surface area (Å²) in [6, 6.07) is 1.56. The van der Waals surface area contributed by atoms with Gasteiger partial charge in [-0.25, -0.2) is 9.59 Å². The van der Waals surface area contributed by atoms with Gasteiger partial charge in [-0.3, -0.25) is 9.78 Å². The average molecular weight is 295 g/mol. The van der Waals surface area contributed by atoms with Gasteiger partial charge in [0.1, 0.15) is 6.04 Å². The van der Waals surface area contributed by atoms with Crippen LogP contribution in [0.3, 0.4) is 0 Å². The Balaban J connectivity index is 2.60. The van der Waals surface area contributed by atoms with Crippen LogP contribution in [-0.4, -0.2) is 53.2 Å². The van der Waals surface area contributed by atoms with Crippen LogP contribution >= 0.6 is 0 Å². The van der Waals surface area contributed by atoms with Crippen molar-refractivity contribution in [2.45, 2.75) is 19.0 Å². The van der Waals surface area contributed by atoms with Crippen LogP contribution in [-0.2, 0) is 20.9 Å². The fraction of sp³-hybridized carbons (Fsp3) is 0.385. The van der Waals surface area contributed by atoms with E-state index in [-0.39, 0.29) is 0 Å². The third-order valence-corrected chi connectivity index (χ3v) is 2.71. The van der Waals surface area contributed by atoms with Gasteiger partial charge in [-0.05, 0) is 17.7 Å². The number of hydrogen-bond donors (Lipinski definition) is 2. The Morgan fingerprint density at radius 2 is 2.00 bits per heavy atom. The van der Waals surface area contributed by atoms with Crippen molar-refractivity contribution in [2.24, 2.45) is 0 Å². The molecule has 0 aromatic carbocycles. The van der Waals surface area contributed by atoms with Crippen LogP contribution < -0.4 is 5.32 Å². The first-order valence-corrected chi connectivity index (χ1v) is 6.14. The summed E-state index contributed by atoms with van der Waals surface area (Å²) < 4.78 is 4.39. The number of pyridine rings is 1. The molecule has 1 rings (SSSR count). The molecule has 0 saturated carbocycles. The topological polar surface area (TPSA) is 109 Å². The van der Waals surface area contributed by atoms with E-state index in [0.717, 1.165) is 12.7 Å². The van der Waals surface area contributed by atoms with E-state index in [2.05, 4.69) is 15.0 Å². The molecule has 1 atom stereocenters. The SMILES string of the molecule is COC(=O)C[C@H](NC(=O)N(C)Cc1ccncc1)C(=O)O. The largest absolute Gasteiger partial charge is 0.480 e. The molecule has 0 aliphatic carbocycles. The van der Waals surface area contributed by atoms with Crippen molar-refractivity contribution in [3.63, 3.8) is 0 Å². The van der Waals surface area contributed by atoms with Gasteiger partial charge in [0, 0.05) is 26.0 Å². The van der Waals surface area contributed by atoms with Crippen LogP contribution in [0, 0.1) is 0 Å². The number of carboxylic acids is 1. The lowest BCUT2D eigenvalue weighted by Gasteiger charge is -2.21. The third-order valence-electron chi connectivity index (χ3n) is 2.71. The molecule has 0 saturated heterocycles. The molecule has 8 heteroatoms. The van der Waals surface area contributed by atoms with E-state index in [0.29, 0.717) is 6.54 Å². The van der Waals surface area contributed by atoms with Gasteiger partial charge in [0.15, 0.2) is 0 Å². The van der Waals surface area contributed by atoms with E-state index in [9.17, 15) is 14.4 Å². The molecule has 0 bridgehead atoms. The fourth-order valence-corrected chi connectivity index (χ4v) is 1.54. The van der Waals surface area contributed by atoms with Crippen LogP contribution in [0.5, 0.6) is 0 Å². The number of amides is 2. The van der Waals surface area contributed by atoms with Gasteiger partial charge in [0.2, 0.25) is 0 Å². The second-order valence-corrected chi connectivity index (χ2v) is 4.33. The molecule has 8 nitrogen and oxygen atoms in total. The van der Waals surface area contributed by atoms with Gasteiger partial charge in [-0.1, -0.05) is 0 Å². The number of carbonyl (C=O) groups excluding carboxylic acids is 2. The van der Waals surface area contributed by atoms with Gasteiger partial charge in [-0.15, -0.1) is 0 Å². The van der Waals surface area contributed by atoms with E-state index in [1.54, 1.807) is 24.5 Å². The predicted octanol–water partition coefficient (Wildman–Crippen LogP) is 0.239. The Kier molecular flexibility index (Phi) is 6.12. The zero-order valence-corrected chi connectivity index (χ0v) is 11.8. The molecular formula is C13H17N3O5. The summed E-state index contributed by atoms with van der Waals surface area (Å²) in [6.45, 7) is 0.291. The molecule has 0 fully saturated rings. The summed E-state index contributed by atoms with van der Waals surface area (Å²) in [4.78, 5) is 39.2. The highest BCUT2D eigenvalue weighted by Gasteiger charge is 2.25. The Labute approximate surface area is 121 Å². The molecule has 1 aromatic rings. The minimum absolute atomic E-state index is 0.291. The second kappa shape index (κ2) is 7.83. The van der Waals surface area contributed by atoms with Gasteiger partial charge < -0.3 is 20.1 Å². The number of esters is 1. The third kappa shape index (κ3) is 5.47. The van der Waals surface area contributed by atoms with Crippen LogP contribution in [0.15, 0.2) is 24.5 Å². The maximum Gasteiger partial charge on any atom is 0.326 e. The maximum atomic E-state index is 11.9. The van der Waals surface area contributed by atoms with E-state index in [4.69, 9.17) is 5.11 Å². The number of methoxy groups -OCH3 is 1. The average Bonchev–Trinajstić information content (AvgIpc) is 2.47. The Morgan fingerprint density at radius 1 is 1.38 bits per heavy atom. The van der Waals surface area contributed by atoms with Crippen LogP contribution in [0.4, 0.5) is 4.79 Å². The van der Waals surface area contributed by atoms with Crippen LogP contribution in [0.2, 0.25) is 0 Å². The number of carboxylic acid groups (broad SMARTS) is 1. The molecule has 0 aliphatic rings. The monoisotopic (exact) mass is 295 g/mol. The zero-order chi connectivity index (χ0) is 15.8. The van der Waals surface area contributed by atoms with Crippen LogP contribution in [0.25, 0.3) is 0 Å². The number of ether oxygens (including phenoxy) is 1. The normalized spacial score (nSPS) is 11.3. The number of aromatic nitrogens is 1. The van der Waals surface area contributed by atoms with Crippen molar-refractivity contribution in [1.29, 1.82) is 0 Å². The Morgan fingerprint density at radius 3 is 2.52 bits per heavy atom. The van der Waals surface area contributed by atoms with Crippen molar-refractivity contribution in [3.05, 3.63) is 30.1 Å². The van der Waals surface area contributed by atoms with Crippen molar-refractivity contribution in [1.82, 2.24) is 15.2 Å². The molecule has 1 aromatic heterocycles. The summed E-state index contributed by atoms with van der Waals surface area (Å²) in [5.74, 6) is -2.01. The van der Waals surface area contributed by atoms with Crippen molar-refractivity contribution in [2.75, 3.05) is 14.2 Å². The minimum atomic E-state index is -1.33. The molecular weight excluding hydrogens is 278 g/mol. The molecule has 2 N–H and O–H groups in total. The molecule has 114 valence electrons. The van der Waals surface area contributed by atoms with Crippen molar-refractivity contribution < 1.29 is 24.2 Å². The van der Waals surface area contributed by atoms with Gasteiger partial charge in [0.25, 0.3) is 0 Å². The smallest absolute Gasteiger partial charge is 0.326 e. The number of nitrogens with one attached hydrogen (secondary N) is 1. The van der Waals surface area contributed by atoms with E-state index in [1.165, 1.54) is 11.9 Å². The first-order valence-electron chi connectivity index (χ1n) is 6.14. The number of carbonyl (C=O) groups is 3. The number of aliphatic carboxylic acids is 1.